The van der Waals surface area contributed by atoms with Gasteiger partial charge in [0.1, 0.15) is 0 Å². The van der Waals surface area contributed by atoms with Crippen molar-refractivity contribution >= 4 is 17.5 Å². The van der Waals surface area contributed by atoms with Gasteiger partial charge < -0.3 is 15.7 Å². The number of benzene rings is 1. The second-order valence-corrected chi connectivity index (χ2v) is 6.82. The summed E-state index contributed by atoms with van der Waals surface area (Å²) >= 11 is 0. The molecular weight excluding hydrogens is 280 g/mol. The Morgan fingerprint density at radius 1 is 1.09 bits per heavy atom. The van der Waals surface area contributed by atoms with Gasteiger partial charge in [0.2, 0.25) is 0 Å². The van der Waals surface area contributed by atoms with Gasteiger partial charge in [0.15, 0.2) is 0 Å². The van der Waals surface area contributed by atoms with Crippen molar-refractivity contribution < 1.29 is 14.7 Å². The second-order valence-electron chi connectivity index (χ2n) is 6.82. The third-order valence-electron chi connectivity index (χ3n) is 3.50. The van der Waals surface area contributed by atoms with Crippen molar-refractivity contribution in [1.82, 2.24) is 5.32 Å². The van der Waals surface area contributed by atoms with E-state index in [0.717, 1.165) is 5.56 Å². The summed E-state index contributed by atoms with van der Waals surface area (Å²) in [6, 6.07) is 7.37. The van der Waals surface area contributed by atoms with Crippen LogP contribution in [-0.4, -0.2) is 29.6 Å². The van der Waals surface area contributed by atoms with Gasteiger partial charge in [0.25, 0.3) is 0 Å². The summed E-state index contributed by atoms with van der Waals surface area (Å²) < 4.78 is 0. The van der Waals surface area contributed by atoms with Gasteiger partial charge in [0, 0.05) is 12.2 Å². The van der Waals surface area contributed by atoms with E-state index in [1.165, 1.54) is 0 Å². The summed E-state index contributed by atoms with van der Waals surface area (Å²) in [5, 5.41) is 14.8. The molecule has 0 spiro atoms. The van der Waals surface area contributed by atoms with E-state index in [4.69, 9.17) is 0 Å². The summed E-state index contributed by atoms with van der Waals surface area (Å²) in [4.78, 5) is 23.5. The second kappa shape index (κ2) is 7.40. The van der Waals surface area contributed by atoms with Crippen molar-refractivity contribution in [3.05, 3.63) is 29.8 Å². The summed E-state index contributed by atoms with van der Waals surface area (Å²) in [5.41, 5.74) is 1.38. The van der Waals surface area contributed by atoms with Gasteiger partial charge in [0.05, 0.1) is 6.10 Å². The van der Waals surface area contributed by atoms with E-state index in [-0.39, 0.29) is 12.0 Å². The predicted octanol–water partition coefficient (Wildman–Crippen LogP) is 2.27. The zero-order valence-electron chi connectivity index (χ0n) is 13.9. The number of carbonyl (C=O) groups is 2. The van der Waals surface area contributed by atoms with Crippen LogP contribution in [0.4, 0.5) is 5.69 Å². The van der Waals surface area contributed by atoms with Crippen LogP contribution < -0.4 is 10.6 Å². The van der Waals surface area contributed by atoms with Crippen LogP contribution in [0.25, 0.3) is 0 Å². The predicted molar refractivity (Wildman–Crippen MR) is 87.6 cm³/mol. The molecule has 5 heteroatoms. The van der Waals surface area contributed by atoms with E-state index in [0.29, 0.717) is 11.6 Å². The summed E-state index contributed by atoms with van der Waals surface area (Å²) in [5.74, 6) is -1.08. The van der Waals surface area contributed by atoms with Gasteiger partial charge in [-0.25, -0.2) is 0 Å². The number of hydrogen-bond acceptors (Lipinski definition) is 3. The van der Waals surface area contributed by atoms with Crippen molar-refractivity contribution in [3.63, 3.8) is 0 Å². The summed E-state index contributed by atoms with van der Waals surface area (Å²) in [6.45, 7) is 9.80. The highest BCUT2D eigenvalue weighted by molar-refractivity contribution is 6.39. The first-order valence-electron chi connectivity index (χ1n) is 7.48. The third kappa shape index (κ3) is 5.48. The first kappa shape index (κ1) is 18.2. The maximum Gasteiger partial charge on any atom is 0.313 e. The van der Waals surface area contributed by atoms with Crippen LogP contribution in [0.2, 0.25) is 0 Å². The van der Waals surface area contributed by atoms with Gasteiger partial charge in [-0.05, 0) is 29.0 Å². The average Bonchev–Trinajstić information content (AvgIpc) is 2.43. The van der Waals surface area contributed by atoms with Crippen LogP contribution in [0.1, 0.15) is 46.1 Å². The monoisotopic (exact) mass is 306 g/mol. The molecule has 0 saturated carbocycles. The molecule has 5 nitrogen and oxygen atoms in total. The van der Waals surface area contributed by atoms with Crippen molar-refractivity contribution in [3.8, 4) is 0 Å². The van der Waals surface area contributed by atoms with Gasteiger partial charge in [-0.15, -0.1) is 0 Å². The van der Waals surface area contributed by atoms with E-state index >= 15 is 0 Å². The van der Waals surface area contributed by atoms with E-state index in [9.17, 15) is 14.7 Å². The smallest absolute Gasteiger partial charge is 0.313 e. The molecule has 0 radical (unpaired) electrons. The van der Waals surface area contributed by atoms with Gasteiger partial charge in [-0.2, -0.15) is 0 Å². The molecule has 0 aliphatic heterocycles. The molecule has 0 fully saturated rings. The Kier molecular flexibility index (Phi) is 6.11. The Morgan fingerprint density at radius 2 is 1.64 bits per heavy atom. The first-order valence-corrected chi connectivity index (χ1v) is 7.48. The lowest BCUT2D eigenvalue weighted by Gasteiger charge is -2.25. The molecular formula is C17H26N2O3. The highest BCUT2D eigenvalue weighted by Gasteiger charge is 2.23. The fraction of sp³-hybridized carbons (Fsp3) is 0.529. The number of aliphatic hydroxyl groups is 1. The highest BCUT2D eigenvalue weighted by Crippen LogP contribution is 2.18. The molecule has 0 aromatic heterocycles. The van der Waals surface area contributed by atoms with Crippen LogP contribution in [0, 0.1) is 5.41 Å². The minimum Gasteiger partial charge on any atom is -0.391 e. The van der Waals surface area contributed by atoms with Crippen LogP contribution >= 0.6 is 0 Å². The number of anilines is 1. The average molecular weight is 306 g/mol. The molecule has 0 aliphatic carbocycles. The zero-order chi connectivity index (χ0) is 16.9. The minimum atomic E-state index is -0.753. The number of carbonyl (C=O) groups excluding carboxylic acids is 2. The van der Waals surface area contributed by atoms with Crippen LogP contribution in [0.5, 0.6) is 0 Å². The minimum absolute atomic E-state index is 0.0437. The summed E-state index contributed by atoms with van der Waals surface area (Å²) in [7, 11) is 0. The molecule has 0 bridgehead atoms. The highest BCUT2D eigenvalue weighted by atomic mass is 16.3. The standard InChI is InChI=1S/C17H26N2O3/c1-11(2)12-6-8-13(9-7-12)19-16(22)15(21)18-10-14(20)17(3,4)5/h6-9,11,14,20H,10H2,1-5H3,(H,18,21)(H,19,22)/t14-/m1/s1. The molecule has 122 valence electrons. The fourth-order valence-corrected chi connectivity index (χ4v) is 1.72. The lowest BCUT2D eigenvalue weighted by Crippen LogP contribution is -2.43. The molecule has 0 heterocycles. The van der Waals surface area contributed by atoms with Gasteiger partial charge in [-0.1, -0.05) is 46.8 Å². The van der Waals surface area contributed by atoms with Crippen molar-refractivity contribution in [2.24, 2.45) is 5.41 Å². The Morgan fingerprint density at radius 3 is 2.09 bits per heavy atom. The van der Waals surface area contributed by atoms with E-state index in [1.807, 2.05) is 32.9 Å². The molecule has 1 aromatic carbocycles. The van der Waals surface area contributed by atoms with Gasteiger partial charge >= 0.3 is 11.8 Å². The molecule has 0 saturated heterocycles. The Hall–Kier alpha value is -1.88. The molecule has 0 aliphatic rings. The largest absolute Gasteiger partial charge is 0.391 e. The maximum absolute atomic E-state index is 11.8. The fourth-order valence-electron chi connectivity index (χ4n) is 1.72. The van der Waals surface area contributed by atoms with Crippen LogP contribution in [0.15, 0.2) is 24.3 Å². The normalized spacial score (nSPS) is 12.9. The molecule has 2 amide bonds. The van der Waals surface area contributed by atoms with Crippen molar-refractivity contribution in [2.75, 3.05) is 11.9 Å². The lowest BCUT2D eigenvalue weighted by molar-refractivity contribution is -0.136. The lowest BCUT2D eigenvalue weighted by atomic mass is 9.89. The number of aliphatic hydroxyl groups excluding tert-OH is 1. The number of rotatable bonds is 4. The molecule has 1 atom stereocenters. The Bertz CT molecular complexity index is 516. The molecule has 1 rings (SSSR count). The van der Waals surface area contributed by atoms with E-state index < -0.39 is 17.9 Å². The van der Waals surface area contributed by atoms with Gasteiger partial charge in [-0.3, -0.25) is 9.59 Å². The summed E-state index contributed by atoms with van der Waals surface area (Å²) in [6.07, 6.45) is -0.713. The topological polar surface area (TPSA) is 78.4 Å². The Balaban J connectivity index is 2.52. The number of nitrogens with one attached hydrogen (secondary N) is 2. The molecule has 0 unspecified atom stereocenters. The molecule has 1 aromatic rings. The van der Waals surface area contributed by atoms with Crippen molar-refractivity contribution in [1.29, 1.82) is 0 Å². The zero-order valence-corrected chi connectivity index (χ0v) is 13.9. The SMILES string of the molecule is CC(C)c1ccc(NC(=O)C(=O)NC[C@@H](O)C(C)(C)C)cc1. The van der Waals surface area contributed by atoms with Crippen LogP contribution in [-0.2, 0) is 9.59 Å². The van der Waals surface area contributed by atoms with Crippen molar-refractivity contribution in [2.45, 2.75) is 46.6 Å². The first-order chi connectivity index (χ1) is 10.1. The molecule has 22 heavy (non-hydrogen) atoms. The van der Waals surface area contributed by atoms with E-state index in [1.54, 1.807) is 12.1 Å². The molecule has 3 N–H and O–H groups in total. The number of amides is 2. The quantitative estimate of drug-likeness (QED) is 0.747. The maximum atomic E-state index is 11.8. The third-order valence-corrected chi connectivity index (χ3v) is 3.50. The number of hydrogen-bond donors (Lipinski definition) is 3. The van der Waals surface area contributed by atoms with Crippen LogP contribution in [0.3, 0.4) is 0 Å². The Labute approximate surface area is 132 Å². The van der Waals surface area contributed by atoms with E-state index in [2.05, 4.69) is 24.5 Å².